The summed E-state index contributed by atoms with van der Waals surface area (Å²) < 4.78 is 6.31. The zero-order chi connectivity index (χ0) is 8.55. The van der Waals surface area contributed by atoms with Crippen molar-refractivity contribution in [1.29, 1.82) is 0 Å². The summed E-state index contributed by atoms with van der Waals surface area (Å²) in [5.74, 6) is 0.741. The van der Waals surface area contributed by atoms with Gasteiger partial charge in [0.15, 0.2) is 0 Å². The van der Waals surface area contributed by atoms with Crippen LogP contribution in [0.15, 0.2) is 30.5 Å². The molecule has 0 radical (unpaired) electrons. The van der Waals surface area contributed by atoms with E-state index in [2.05, 4.69) is 22.6 Å². The van der Waals surface area contributed by atoms with Gasteiger partial charge in [0.05, 0.1) is 6.26 Å². The SMILES string of the molecule is O[C@H]1C=COc2ccc(I)cc21. The van der Waals surface area contributed by atoms with Gasteiger partial charge in [-0.2, -0.15) is 0 Å². The molecule has 0 fully saturated rings. The number of ether oxygens (including phenoxy) is 1. The Morgan fingerprint density at radius 2 is 2.25 bits per heavy atom. The summed E-state index contributed by atoms with van der Waals surface area (Å²) in [6, 6.07) is 5.74. The molecule has 1 N–H and O–H groups in total. The average molecular weight is 274 g/mol. The molecular formula is C9H7IO2. The third-order valence-electron chi connectivity index (χ3n) is 1.75. The summed E-state index contributed by atoms with van der Waals surface area (Å²) >= 11 is 2.21. The van der Waals surface area contributed by atoms with Gasteiger partial charge in [-0.05, 0) is 46.9 Å². The van der Waals surface area contributed by atoms with Crippen LogP contribution < -0.4 is 4.74 Å². The van der Waals surface area contributed by atoms with Crippen LogP contribution in [0.25, 0.3) is 0 Å². The molecule has 1 aliphatic heterocycles. The second kappa shape index (κ2) is 3.06. The molecule has 62 valence electrons. The van der Waals surface area contributed by atoms with Gasteiger partial charge in [0.1, 0.15) is 11.9 Å². The summed E-state index contributed by atoms with van der Waals surface area (Å²) in [7, 11) is 0. The Kier molecular flexibility index (Phi) is 2.06. The van der Waals surface area contributed by atoms with E-state index in [1.54, 1.807) is 6.08 Å². The van der Waals surface area contributed by atoms with Gasteiger partial charge in [-0.15, -0.1) is 0 Å². The number of halogens is 1. The van der Waals surface area contributed by atoms with Gasteiger partial charge in [-0.1, -0.05) is 0 Å². The molecule has 0 aromatic heterocycles. The van der Waals surface area contributed by atoms with Crippen molar-refractivity contribution in [2.45, 2.75) is 6.10 Å². The molecule has 12 heavy (non-hydrogen) atoms. The number of hydrogen-bond donors (Lipinski definition) is 1. The van der Waals surface area contributed by atoms with Crippen molar-refractivity contribution in [1.82, 2.24) is 0 Å². The van der Waals surface area contributed by atoms with Gasteiger partial charge in [0.2, 0.25) is 0 Å². The van der Waals surface area contributed by atoms with Crippen LogP contribution in [0.3, 0.4) is 0 Å². The van der Waals surface area contributed by atoms with Crippen LogP contribution in [-0.2, 0) is 0 Å². The molecule has 0 saturated carbocycles. The van der Waals surface area contributed by atoms with Crippen molar-refractivity contribution in [2.24, 2.45) is 0 Å². The highest BCUT2D eigenvalue weighted by Gasteiger charge is 2.14. The van der Waals surface area contributed by atoms with Crippen molar-refractivity contribution in [3.63, 3.8) is 0 Å². The van der Waals surface area contributed by atoms with Crippen LogP contribution in [-0.4, -0.2) is 5.11 Å². The second-order valence-electron chi connectivity index (χ2n) is 2.57. The summed E-state index contributed by atoms with van der Waals surface area (Å²) in [6.45, 7) is 0. The fourth-order valence-electron chi connectivity index (χ4n) is 1.15. The van der Waals surface area contributed by atoms with E-state index in [4.69, 9.17) is 4.74 Å². The van der Waals surface area contributed by atoms with Gasteiger partial charge in [0, 0.05) is 9.13 Å². The molecule has 2 rings (SSSR count). The van der Waals surface area contributed by atoms with E-state index in [-0.39, 0.29) is 0 Å². The van der Waals surface area contributed by atoms with E-state index in [1.807, 2.05) is 18.2 Å². The van der Waals surface area contributed by atoms with E-state index in [0.29, 0.717) is 0 Å². The summed E-state index contributed by atoms with van der Waals surface area (Å²) in [4.78, 5) is 0. The lowest BCUT2D eigenvalue weighted by molar-refractivity contribution is 0.213. The first-order valence-electron chi connectivity index (χ1n) is 3.58. The number of aliphatic hydroxyl groups excluding tert-OH is 1. The Bertz CT molecular complexity index is 333. The molecule has 0 bridgehead atoms. The van der Waals surface area contributed by atoms with Crippen molar-refractivity contribution in [2.75, 3.05) is 0 Å². The highest BCUT2D eigenvalue weighted by molar-refractivity contribution is 14.1. The number of rotatable bonds is 0. The van der Waals surface area contributed by atoms with Crippen molar-refractivity contribution >= 4 is 22.6 Å². The molecule has 1 atom stereocenters. The molecule has 1 aromatic rings. The predicted octanol–water partition coefficient (Wildman–Crippen LogP) is 2.23. The maximum absolute atomic E-state index is 9.52. The molecule has 0 amide bonds. The molecule has 2 nitrogen and oxygen atoms in total. The zero-order valence-electron chi connectivity index (χ0n) is 6.20. The third-order valence-corrected chi connectivity index (χ3v) is 2.42. The van der Waals surface area contributed by atoms with Gasteiger partial charge in [-0.3, -0.25) is 0 Å². The lowest BCUT2D eigenvalue weighted by Crippen LogP contribution is -2.02. The van der Waals surface area contributed by atoms with Crippen molar-refractivity contribution < 1.29 is 9.84 Å². The van der Waals surface area contributed by atoms with Crippen molar-refractivity contribution in [3.8, 4) is 5.75 Å². The number of aliphatic hydroxyl groups is 1. The maximum Gasteiger partial charge on any atom is 0.132 e. The Morgan fingerprint density at radius 1 is 1.42 bits per heavy atom. The molecular weight excluding hydrogens is 267 g/mol. The van der Waals surface area contributed by atoms with E-state index in [0.717, 1.165) is 14.9 Å². The van der Waals surface area contributed by atoms with Crippen LogP contribution in [0.1, 0.15) is 11.7 Å². The maximum atomic E-state index is 9.52. The summed E-state index contributed by atoms with van der Waals surface area (Å²) in [5, 5.41) is 9.52. The van der Waals surface area contributed by atoms with E-state index >= 15 is 0 Å². The fraction of sp³-hybridized carbons (Fsp3) is 0.111. The quantitative estimate of drug-likeness (QED) is 0.735. The average Bonchev–Trinajstić information content (AvgIpc) is 2.07. The minimum absolute atomic E-state index is 0.525. The van der Waals surface area contributed by atoms with Crippen molar-refractivity contribution in [3.05, 3.63) is 39.7 Å². The Hall–Kier alpha value is -0.550. The van der Waals surface area contributed by atoms with Crippen LogP contribution in [0, 0.1) is 3.57 Å². The Labute approximate surface area is 84.0 Å². The van der Waals surface area contributed by atoms with E-state index < -0.39 is 6.10 Å². The molecule has 0 aliphatic carbocycles. The highest BCUT2D eigenvalue weighted by atomic mass is 127. The third kappa shape index (κ3) is 1.34. The van der Waals surface area contributed by atoms with Gasteiger partial charge in [0.25, 0.3) is 0 Å². The largest absolute Gasteiger partial charge is 0.465 e. The Balaban J connectivity index is 2.52. The summed E-state index contributed by atoms with van der Waals surface area (Å²) in [5.41, 5.74) is 0.837. The molecule has 0 saturated heterocycles. The van der Waals surface area contributed by atoms with Crippen LogP contribution in [0.5, 0.6) is 5.75 Å². The Morgan fingerprint density at radius 3 is 3.08 bits per heavy atom. The molecule has 1 heterocycles. The monoisotopic (exact) mass is 274 g/mol. The first-order chi connectivity index (χ1) is 5.77. The standard InChI is InChI=1S/C9H7IO2/c10-6-1-2-9-7(5-6)8(11)3-4-12-9/h1-5,8,11H/t8-/m0/s1. The highest BCUT2D eigenvalue weighted by Crippen LogP contribution is 2.30. The fourth-order valence-corrected chi connectivity index (χ4v) is 1.66. The number of hydrogen-bond acceptors (Lipinski definition) is 2. The summed E-state index contributed by atoms with van der Waals surface area (Å²) in [6.07, 6.45) is 2.61. The van der Waals surface area contributed by atoms with Crippen LogP contribution >= 0.6 is 22.6 Å². The molecule has 1 aliphatic rings. The predicted molar refractivity (Wildman–Crippen MR) is 53.9 cm³/mol. The van der Waals surface area contributed by atoms with E-state index in [9.17, 15) is 5.11 Å². The van der Waals surface area contributed by atoms with Gasteiger partial charge < -0.3 is 9.84 Å². The van der Waals surface area contributed by atoms with E-state index in [1.165, 1.54) is 6.26 Å². The molecule has 0 spiro atoms. The number of benzene rings is 1. The van der Waals surface area contributed by atoms with Crippen LogP contribution in [0.2, 0.25) is 0 Å². The molecule has 0 unspecified atom stereocenters. The first kappa shape index (κ1) is 8.07. The lowest BCUT2D eigenvalue weighted by Gasteiger charge is -2.16. The van der Waals surface area contributed by atoms with Gasteiger partial charge >= 0.3 is 0 Å². The zero-order valence-corrected chi connectivity index (χ0v) is 8.36. The van der Waals surface area contributed by atoms with Crippen LogP contribution in [0.4, 0.5) is 0 Å². The topological polar surface area (TPSA) is 29.5 Å². The lowest BCUT2D eigenvalue weighted by atomic mass is 10.1. The minimum Gasteiger partial charge on any atom is -0.465 e. The molecule has 3 heteroatoms. The number of fused-ring (bicyclic) bond motifs is 1. The second-order valence-corrected chi connectivity index (χ2v) is 3.82. The first-order valence-corrected chi connectivity index (χ1v) is 4.66. The minimum atomic E-state index is -0.525. The van der Waals surface area contributed by atoms with Gasteiger partial charge in [-0.25, -0.2) is 0 Å². The molecule has 1 aromatic carbocycles. The smallest absolute Gasteiger partial charge is 0.132 e. The normalized spacial score (nSPS) is 20.0.